The lowest BCUT2D eigenvalue weighted by atomic mass is 10.2. The molecule has 2 rings (SSSR count). The Balaban J connectivity index is 2.18. The molecule has 1 N–H and O–H groups in total. The van der Waals surface area contributed by atoms with E-state index in [1.807, 2.05) is 30.3 Å². The molecule has 17 heavy (non-hydrogen) atoms. The van der Waals surface area contributed by atoms with Gasteiger partial charge in [0.1, 0.15) is 6.61 Å². The highest BCUT2D eigenvalue weighted by atomic mass is 16.5. The van der Waals surface area contributed by atoms with E-state index in [9.17, 15) is 9.90 Å². The van der Waals surface area contributed by atoms with Crippen molar-refractivity contribution in [2.75, 3.05) is 0 Å². The van der Waals surface area contributed by atoms with Gasteiger partial charge in [-0.05, 0) is 17.7 Å². The zero-order valence-corrected chi connectivity index (χ0v) is 9.17. The Labute approximate surface area is 98.9 Å². The van der Waals surface area contributed by atoms with Gasteiger partial charge in [0.15, 0.2) is 16.9 Å². The zero-order valence-electron chi connectivity index (χ0n) is 9.17. The monoisotopic (exact) mass is 228 g/mol. The lowest BCUT2D eigenvalue weighted by molar-refractivity contribution is 0.289. The van der Waals surface area contributed by atoms with E-state index < -0.39 is 0 Å². The van der Waals surface area contributed by atoms with Crippen LogP contribution in [0.2, 0.25) is 0 Å². The normalized spacial score (nSPS) is 9.88. The third-order valence-corrected chi connectivity index (χ3v) is 2.28. The second kappa shape index (κ2) is 5.16. The summed E-state index contributed by atoms with van der Waals surface area (Å²) in [5.41, 5.74) is 0.777. The van der Waals surface area contributed by atoms with Gasteiger partial charge in [0.2, 0.25) is 0 Å². The van der Waals surface area contributed by atoms with Crippen LogP contribution in [-0.4, -0.2) is 5.11 Å². The van der Waals surface area contributed by atoms with Crippen LogP contribution in [0.4, 0.5) is 0 Å². The maximum Gasteiger partial charge on any atom is 0.182 e. The van der Waals surface area contributed by atoms with Crippen molar-refractivity contribution in [1.29, 1.82) is 0 Å². The van der Waals surface area contributed by atoms with Gasteiger partial charge in [-0.15, -0.1) is 0 Å². The van der Waals surface area contributed by atoms with Gasteiger partial charge in [0, 0.05) is 6.07 Å². The van der Waals surface area contributed by atoms with Crippen LogP contribution >= 0.6 is 0 Å². The number of rotatable bonds is 3. The van der Waals surface area contributed by atoms with Gasteiger partial charge in [-0.25, -0.2) is 0 Å². The average Bonchev–Trinajstić information content (AvgIpc) is 2.50. The molecule has 2 aromatic rings. The summed E-state index contributed by atoms with van der Waals surface area (Å²) in [6.45, 7) is 0.317. The van der Waals surface area contributed by atoms with E-state index in [1.54, 1.807) is 0 Å². The lowest BCUT2D eigenvalue weighted by Crippen LogP contribution is -1.97. The number of ether oxygens (including phenoxy) is 1. The predicted molar refractivity (Wildman–Crippen MR) is 65.2 cm³/mol. The summed E-state index contributed by atoms with van der Waals surface area (Å²) in [5.74, 6) is 0.159. The quantitative estimate of drug-likeness (QED) is 0.877. The van der Waals surface area contributed by atoms with Crippen LogP contribution < -0.4 is 10.2 Å². The van der Waals surface area contributed by atoms with Crippen molar-refractivity contribution in [3.63, 3.8) is 0 Å². The molecular weight excluding hydrogens is 216 g/mol. The number of hydrogen-bond acceptors (Lipinski definition) is 3. The van der Waals surface area contributed by atoms with Crippen molar-refractivity contribution in [3.8, 4) is 11.5 Å². The van der Waals surface area contributed by atoms with E-state index in [-0.39, 0.29) is 16.9 Å². The standard InChI is InChI=1S/C14H12O3/c15-12-7-4-8-13(16)14(9-12)17-10-11-5-2-1-3-6-11/h1-9,16H,10H2. The molecule has 0 saturated heterocycles. The smallest absolute Gasteiger partial charge is 0.182 e. The minimum absolute atomic E-state index is 0.0389. The molecule has 86 valence electrons. The predicted octanol–water partition coefficient (Wildman–Crippen LogP) is 2.33. The molecule has 0 saturated carbocycles. The van der Waals surface area contributed by atoms with E-state index in [4.69, 9.17) is 4.74 Å². The fraction of sp³-hybridized carbons (Fsp3) is 0.0714. The van der Waals surface area contributed by atoms with Crippen LogP contribution in [0, 0.1) is 0 Å². The van der Waals surface area contributed by atoms with Crippen molar-refractivity contribution in [3.05, 3.63) is 70.4 Å². The van der Waals surface area contributed by atoms with Gasteiger partial charge >= 0.3 is 0 Å². The van der Waals surface area contributed by atoms with Crippen LogP contribution in [0.5, 0.6) is 11.5 Å². The van der Waals surface area contributed by atoms with Crippen molar-refractivity contribution in [2.45, 2.75) is 6.61 Å². The van der Waals surface area contributed by atoms with Crippen LogP contribution in [0.25, 0.3) is 0 Å². The Morgan fingerprint density at radius 3 is 2.53 bits per heavy atom. The van der Waals surface area contributed by atoms with Crippen molar-refractivity contribution < 1.29 is 9.84 Å². The molecule has 0 bridgehead atoms. The van der Waals surface area contributed by atoms with E-state index in [1.165, 1.54) is 24.3 Å². The molecular formula is C14H12O3. The second-order valence-corrected chi connectivity index (χ2v) is 3.60. The van der Waals surface area contributed by atoms with Crippen molar-refractivity contribution in [2.24, 2.45) is 0 Å². The molecule has 0 heterocycles. The van der Waals surface area contributed by atoms with Crippen LogP contribution in [0.3, 0.4) is 0 Å². The van der Waals surface area contributed by atoms with E-state index in [0.29, 0.717) is 6.61 Å². The average molecular weight is 228 g/mol. The summed E-state index contributed by atoms with van der Waals surface area (Å²) in [6.07, 6.45) is 0. The van der Waals surface area contributed by atoms with E-state index >= 15 is 0 Å². The zero-order chi connectivity index (χ0) is 12.1. The summed E-state index contributed by atoms with van der Waals surface area (Å²) in [5, 5.41) is 9.61. The van der Waals surface area contributed by atoms with Crippen molar-refractivity contribution in [1.82, 2.24) is 0 Å². The van der Waals surface area contributed by atoms with Crippen LogP contribution in [0.15, 0.2) is 59.4 Å². The van der Waals surface area contributed by atoms with Gasteiger partial charge in [0.25, 0.3) is 0 Å². The highest BCUT2D eigenvalue weighted by molar-refractivity contribution is 5.36. The first kappa shape index (κ1) is 11.2. The first-order chi connectivity index (χ1) is 8.25. The number of benzene rings is 1. The highest BCUT2D eigenvalue weighted by Crippen LogP contribution is 2.22. The minimum Gasteiger partial charge on any atom is -0.504 e. The molecule has 0 aromatic heterocycles. The summed E-state index contributed by atoms with van der Waals surface area (Å²) in [4.78, 5) is 11.3. The molecule has 0 unspecified atom stereocenters. The van der Waals surface area contributed by atoms with E-state index in [2.05, 4.69) is 0 Å². The summed E-state index contributed by atoms with van der Waals surface area (Å²) in [7, 11) is 0. The topological polar surface area (TPSA) is 46.5 Å². The molecule has 0 spiro atoms. The molecule has 0 aliphatic carbocycles. The largest absolute Gasteiger partial charge is 0.504 e. The second-order valence-electron chi connectivity index (χ2n) is 3.60. The van der Waals surface area contributed by atoms with E-state index in [0.717, 1.165) is 5.56 Å². The first-order valence-corrected chi connectivity index (χ1v) is 5.26. The molecule has 0 aliphatic rings. The SMILES string of the molecule is O=c1cccc(O)c(OCc2ccccc2)c1. The Kier molecular flexibility index (Phi) is 3.40. The Morgan fingerprint density at radius 2 is 1.76 bits per heavy atom. The molecule has 0 amide bonds. The molecule has 2 aromatic carbocycles. The van der Waals surface area contributed by atoms with Gasteiger partial charge < -0.3 is 9.84 Å². The summed E-state index contributed by atoms with van der Waals surface area (Å²) >= 11 is 0. The summed E-state index contributed by atoms with van der Waals surface area (Å²) < 4.78 is 5.41. The fourth-order valence-electron chi connectivity index (χ4n) is 1.42. The fourth-order valence-corrected chi connectivity index (χ4v) is 1.42. The third kappa shape index (κ3) is 3.08. The molecule has 0 atom stereocenters. The molecule has 3 nitrogen and oxygen atoms in total. The lowest BCUT2D eigenvalue weighted by Gasteiger charge is -2.05. The maximum absolute atomic E-state index is 11.3. The van der Waals surface area contributed by atoms with Gasteiger partial charge in [-0.3, -0.25) is 4.79 Å². The highest BCUT2D eigenvalue weighted by Gasteiger charge is 2.01. The van der Waals surface area contributed by atoms with Crippen LogP contribution in [0.1, 0.15) is 5.56 Å². The third-order valence-electron chi connectivity index (χ3n) is 2.28. The Hall–Kier alpha value is -2.29. The maximum atomic E-state index is 11.3. The molecule has 0 fully saturated rings. The minimum atomic E-state index is -0.201. The van der Waals surface area contributed by atoms with Gasteiger partial charge in [-0.2, -0.15) is 0 Å². The van der Waals surface area contributed by atoms with Crippen LogP contribution in [-0.2, 0) is 6.61 Å². The number of hydrogen-bond donors (Lipinski definition) is 1. The molecule has 0 radical (unpaired) electrons. The van der Waals surface area contributed by atoms with Gasteiger partial charge in [-0.1, -0.05) is 36.4 Å². The van der Waals surface area contributed by atoms with Gasteiger partial charge in [0.05, 0.1) is 0 Å². The summed E-state index contributed by atoms with van der Waals surface area (Å²) in [6, 6.07) is 15.1. The molecule has 3 heteroatoms. The Bertz CT molecular complexity index is 550. The first-order valence-electron chi connectivity index (χ1n) is 5.26. The molecule has 0 aliphatic heterocycles. The number of aromatic hydroxyl groups is 1. The van der Waals surface area contributed by atoms with Crippen molar-refractivity contribution >= 4 is 0 Å². The Morgan fingerprint density at radius 1 is 1.00 bits per heavy atom.